The Morgan fingerprint density at radius 1 is 1.17 bits per heavy atom. The third kappa shape index (κ3) is 7.66. The van der Waals surface area contributed by atoms with Gasteiger partial charge >= 0.3 is 5.97 Å². The van der Waals surface area contributed by atoms with Crippen LogP contribution in [0.2, 0.25) is 0 Å². The van der Waals surface area contributed by atoms with Gasteiger partial charge in [0.05, 0.1) is 17.5 Å². The highest BCUT2D eigenvalue weighted by molar-refractivity contribution is 9.10. The Balaban J connectivity index is 1.54. The van der Waals surface area contributed by atoms with Crippen molar-refractivity contribution in [2.24, 2.45) is 0 Å². The van der Waals surface area contributed by atoms with Crippen LogP contribution in [0.5, 0.6) is 11.5 Å². The third-order valence-corrected chi connectivity index (χ3v) is 5.98. The number of halogens is 1. The second-order valence-electron chi connectivity index (χ2n) is 7.42. The molecule has 0 aliphatic carbocycles. The molecule has 1 fully saturated rings. The summed E-state index contributed by atoms with van der Waals surface area (Å²) in [5.74, 6) is -0.0920. The van der Waals surface area contributed by atoms with Crippen molar-refractivity contribution in [3.8, 4) is 11.5 Å². The van der Waals surface area contributed by atoms with Crippen molar-refractivity contribution in [1.82, 2.24) is 15.5 Å². The van der Waals surface area contributed by atoms with E-state index in [9.17, 15) is 14.4 Å². The molecule has 9 nitrogen and oxygen atoms in total. The minimum Gasteiger partial charge on any atom is -0.493 e. The molecule has 186 valence electrons. The number of carbonyl (C=O) groups excluding carboxylic acids is 3. The van der Waals surface area contributed by atoms with Gasteiger partial charge in [0.1, 0.15) is 30.8 Å². The maximum absolute atomic E-state index is 12.7. The molecule has 1 unspecified atom stereocenters. The standard InChI is InChI=1S/C24H26BrN3O6S/c1-2-32-20-9-8-16(14-18(20)25)22(30)27-24(35)28-11-10-26-23(31)19(28)15-21(29)34-13-12-33-17-6-4-3-5-7-17/h3-9,14,19H,2,10-13,15H2,1H3,(H,26,31)(H,27,30,35). The van der Waals surface area contributed by atoms with Crippen molar-refractivity contribution in [2.45, 2.75) is 19.4 Å². The van der Waals surface area contributed by atoms with E-state index in [2.05, 4.69) is 26.6 Å². The van der Waals surface area contributed by atoms with Crippen molar-refractivity contribution in [3.63, 3.8) is 0 Å². The SMILES string of the molecule is CCOc1ccc(C(=O)NC(=S)N2CCNC(=O)C2CC(=O)OCCOc2ccccc2)cc1Br. The smallest absolute Gasteiger partial charge is 0.308 e. The average Bonchev–Trinajstić information content (AvgIpc) is 2.85. The Bertz CT molecular complexity index is 1070. The van der Waals surface area contributed by atoms with E-state index in [0.29, 0.717) is 41.2 Å². The Hall–Kier alpha value is -3.18. The first kappa shape index (κ1) is 26.4. The molecule has 3 rings (SSSR count). The van der Waals surface area contributed by atoms with Gasteiger partial charge < -0.3 is 24.4 Å². The number of rotatable bonds is 9. The maximum Gasteiger partial charge on any atom is 0.308 e. The molecule has 0 radical (unpaired) electrons. The van der Waals surface area contributed by atoms with Gasteiger partial charge in [0.2, 0.25) is 5.91 Å². The van der Waals surface area contributed by atoms with Crippen LogP contribution >= 0.6 is 28.1 Å². The lowest BCUT2D eigenvalue weighted by molar-refractivity contribution is -0.148. The molecule has 1 aliphatic rings. The fourth-order valence-corrected chi connectivity index (χ4v) is 4.17. The number of ether oxygens (including phenoxy) is 3. The summed E-state index contributed by atoms with van der Waals surface area (Å²) in [5.41, 5.74) is 0.360. The fraction of sp³-hybridized carbons (Fsp3) is 0.333. The maximum atomic E-state index is 12.7. The van der Waals surface area contributed by atoms with Crippen molar-refractivity contribution in [1.29, 1.82) is 0 Å². The van der Waals surface area contributed by atoms with Gasteiger partial charge in [-0.2, -0.15) is 0 Å². The molecule has 11 heteroatoms. The first-order valence-electron chi connectivity index (χ1n) is 11.0. The average molecular weight is 564 g/mol. The van der Waals surface area contributed by atoms with Crippen LogP contribution in [0.3, 0.4) is 0 Å². The second-order valence-corrected chi connectivity index (χ2v) is 8.66. The molecule has 0 saturated carbocycles. The summed E-state index contributed by atoms with van der Waals surface area (Å²) < 4.78 is 16.8. The van der Waals surface area contributed by atoms with Crippen LogP contribution in [0.25, 0.3) is 0 Å². The van der Waals surface area contributed by atoms with Crippen LogP contribution in [-0.2, 0) is 14.3 Å². The van der Waals surface area contributed by atoms with E-state index in [1.54, 1.807) is 30.3 Å². The van der Waals surface area contributed by atoms with Gasteiger partial charge in [-0.05, 0) is 65.4 Å². The normalized spacial score (nSPS) is 15.1. The van der Waals surface area contributed by atoms with E-state index in [-0.39, 0.29) is 30.7 Å². The van der Waals surface area contributed by atoms with Crippen molar-refractivity contribution >= 4 is 51.0 Å². The number of nitrogens with one attached hydrogen (secondary N) is 2. The minimum atomic E-state index is -0.897. The summed E-state index contributed by atoms with van der Waals surface area (Å²) in [6.45, 7) is 3.26. The summed E-state index contributed by atoms with van der Waals surface area (Å²) >= 11 is 8.78. The van der Waals surface area contributed by atoms with E-state index in [0.717, 1.165) is 0 Å². The highest BCUT2D eigenvalue weighted by atomic mass is 79.9. The highest BCUT2D eigenvalue weighted by Gasteiger charge is 2.34. The quantitative estimate of drug-likeness (QED) is 0.272. The monoisotopic (exact) mass is 563 g/mol. The van der Waals surface area contributed by atoms with Gasteiger partial charge in [0.25, 0.3) is 5.91 Å². The van der Waals surface area contributed by atoms with Crippen molar-refractivity contribution in [2.75, 3.05) is 32.9 Å². The summed E-state index contributed by atoms with van der Waals surface area (Å²) in [4.78, 5) is 39.1. The Kier molecular flexibility index (Phi) is 9.86. The van der Waals surface area contributed by atoms with Gasteiger partial charge in [-0.3, -0.25) is 19.7 Å². The number of hydrogen-bond donors (Lipinski definition) is 2. The number of hydrogen-bond acceptors (Lipinski definition) is 7. The predicted molar refractivity (Wildman–Crippen MR) is 136 cm³/mol. The zero-order valence-corrected chi connectivity index (χ0v) is 21.5. The number of carbonyl (C=O) groups is 3. The van der Waals surface area contributed by atoms with E-state index in [1.165, 1.54) is 4.90 Å². The zero-order chi connectivity index (χ0) is 25.2. The van der Waals surface area contributed by atoms with E-state index in [4.69, 9.17) is 26.4 Å². The van der Waals surface area contributed by atoms with Crippen LogP contribution in [0.4, 0.5) is 0 Å². The lowest BCUT2D eigenvalue weighted by Gasteiger charge is -2.36. The molecular formula is C24H26BrN3O6S. The molecule has 0 spiro atoms. The first-order valence-corrected chi connectivity index (χ1v) is 12.2. The summed E-state index contributed by atoms with van der Waals surface area (Å²) in [6, 6.07) is 13.2. The van der Waals surface area contributed by atoms with Crippen molar-refractivity contribution in [3.05, 3.63) is 58.6 Å². The summed E-state index contributed by atoms with van der Waals surface area (Å²) in [6.07, 6.45) is -0.220. The largest absolute Gasteiger partial charge is 0.493 e. The zero-order valence-electron chi connectivity index (χ0n) is 19.1. The van der Waals surface area contributed by atoms with Crippen LogP contribution in [-0.4, -0.2) is 66.7 Å². The van der Waals surface area contributed by atoms with Crippen LogP contribution in [0, 0.1) is 0 Å². The molecule has 2 aromatic carbocycles. The Morgan fingerprint density at radius 3 is 2.66 bits per heavy atom. The number of benzene rings is 2. The van der Waals surface area contributed by atoms with E-state index >= 15 is 0 Å². The van der Waals surface area contributed by atoms with E-state index < -0.39 is 17.9 Å². The number of piperazine rings is 1. The molecule has 1 aliphatic heterocycles. The molecule has 2 N–H and O–H groups in total. The Labute approximate surface area is 217 Å². The van der Waals surface area contributed by atoms with Gasteiger partial charge in [0.15, 0.2) is 5.11 Å². The minimum absolute atomic E-state index is 0.0376. The molecule has 35 heavy (non-hydrogen) atoms. The number of amides is 2. The fourth-order valence-electron chi connectivity index (χ4n) is 3.36. The summed E-state index contributed by atoms with van der Waals surface area (Å²) in [5, 5.41) is 5.42. The van der Waals surface area contributed by atoms with Gasteiger partial charge in [-0.25, -0.2) is 0 Å². The number of nitrogens with zero attached hydrogens (tertiary/aromatic N) is 1. The molecule has 0 bridgehead atoms. The van der Waals surface area contributed by atoms with E-state index in [1.807, 2.05) is 25.1 Å². The number of thiocarbonyl (C=S) groups is 1. The number of para-hydroxylation sites is 1. The summed E-state index contributed by atoms with van der Waals surface area (Å²) in [7, 11) is 0. The lowest BCUT2D eigenvalue weighted by atomic mass is 10.1. The molecule has 0 aromatic heterocycles. The van der Waals surface area contributed by atoms with Gasteiger partial charge in [-0.1, -0.05) is 18.2 Å². The predicted octanol–water partition coefficient (Wildman–Crippen LogP) is 2.68. The first-order chi connectivity index (χ1) is 16.9. The number of esters is 1. The second kappa shape index (κ2) is 13.1. The third-order valence-electron chi connectivity index (χ3n) is 5.02. The molecule has 1 saturated heterocycles. The van der Waals surface area contributed by atoms with Gasteiger partial charge in [0, 0.05) is 18.7 Å². The molecule has 1 heterocycles. The van der Waals surface area contributed by atoms with Crippen LogP contribution in [0.15, 0.2) is 53.0 Å². The van der Waals surface area contributed by atoms with Crippen molar-refractivity contribution < 1.29 is 28.6 Å². The lowest BCUT2D eigenvalue weighted by Crippen LogP contribution is -2.60. The van der Waals surface area contributed by atoms with Crippen LogP contribution in [0.1, 0.15) is 23.7 Å². The Morgan fingerprint density at radius 2 is 1.94 bits per heavy atom. The molecule has 2 aromatic rings. The molecule has 1 atom stereocenters. The highest BCUT2D eigenvalue weighted by Crippen LogP contribution is 2.26. The molecule has 2 amide bonds. The van der Waals surface area contributed by atoms with Gasteiger partial charge in [-0.15, -0.1) is 0 Å². The topological polar surface area (TPSA) is 106 Å². The molecular weight excluding hydrogens is 538 g/mol. The van der Waals surface area contributed by atoms with Crippen LogP contribution < -0.4 is 20.1 Å².